The highest BCUT2D eigenvalue weighted by Gasteiger charge is 2.17. The molecule has 0 spiro atoms. The number of aromatic nitrogens is 2. The number of ketones is 1. The van der Waals surface area contributed by atoms with Crippen molar-refractivity contribution in [1.82, 2.24) is 9.38 Å². The topological polar surface area (TPSA) is 80.5 Å². The number of carbonyl (C=O) groups excluding carboxylic acids is 1. The summed E-state index contributed by atoms with van der Waals surface area (Å²) in [5.74, 6) is -0.111. The number of anilines is 1. The normalized spacial score (nSPS) is 11.6. The van der Waals surface area contributed by atoms with Crippen molar-refractivity contribution in [1.29, 1.82) is 0 Å². The van der Waals surface area contributed by atoms with Crippen LogP contribution in [0.1, 0.15) is 28.7 Å². The second kappa shape index (κ2) is 5.76. The molecule has 0 aliphatic rings. The zero-order chi connectivity index (χ0) is 17.5. The van der Waals surface area contributed by atoms with E-state index in [4.69, 9.17) is 0 Å². The number of pyridine rings is 1. The molecular weight excluding hydrogens is 326 g/mol. The second-order valence-electron chi connectivity index (χ2n) is 5.58. The van der Waals surface area contributed by atoms with Crippen LogP contribution in [0.25, 0.3) is 5.65 Å². The van der Waals surface area contributed by atoms with Crippen molar-refractivity contribution in [2.24, 2.45) is 0 Å². The molecule has 0 unspecified atom stereocenters. The molecule has 24 heavy (non-hydrogen) atoms. The van der Waals surface area contributed by atoms with Gasteiger partial charge in [-0.25, -0.2) is 13.4 Å². The summed E-state index contributed by atoms with van der Waals surface area (Å²) in [5, 5.41) is 0. The third-order valence-corrected chi connectivity index (χ3v) is 5.32. The van der Waals surface area contributed by atoms with Crippen LogP contribution in [0.2, 0.25) is 0 Å². The lowest BCUT2D eigenvalue weighted by molar-refractivity contribution is 0.101. The van der Waals surface area contributed by atoms with Crippen LogP contribution < -0.4 is 4.72 Å². The van der Waals surface area contributed by atoms with Crippen LogP contribution in [0.5, 0.6) is 0 Å². The number of benzene rings is 1. The van der Waals surface area contributed by atoms with Gasteiger partial charge in [0.05, 0.1) is 16.3 Å². The van der Waals surface area contributed by atoms with Crippen LogP contribution in [0, 0.1) is 13.8 Å². The number of carbonyl (C=O) groups is 1. The predicted molar refractivity (Wildman–Crippen MR) is 91.9 cm³/mol. The van der Waals surface area contributed by atoms with E-state index in [-0.39, 0.29) is 10.7 Å². The molecule has 3 rings (SSSR count). The van der Waals surface area contributed by atoms with Gasteiger partial charge in [0.25, 0.3) is 10.0 Å². The smallest absolute Gasteiger partial charge is 0.262 e. The largest absolute Gasteiger partial charge is 0.302 e. The zero-order valence-electron chi connectivity index (χ0n) is 13.6. The highest BCUT2D eigenvalue weighted by molar-refractivity contribution is 7.92. The van der Waals surface area contributed by atoms with E-state index in [9.17, 15) is 13.2 Å². The molecule has 2 heterocycles. The SMILES string of the molecule is CC(=O)c1ccc(S(=O)(=O)Nc2cccn3c(C)c(C)nc23)cc1. The Morgan fingerprint density at radius 1 is 1.12 bits per heavy atom. The maximum absolute atomic E-state index is 12.6. The highest BCUT2D eigenvalue weighted by Crippen LogP contribution is 2.22. The van der Waals surface area contributed by atoms with E-state index in [0.29, 0.717) is 16.9 Å². The fourth-order valence-corrected chi connectivity index (χ4v) is 3.51. The lowest BCUT2D eigenvalue weighted by Crippen LogP contribution is -2.14. The monoisotopic (exact) mass is 343 g/mol. The minimum atomic E-state index is -3.77. The van der Waals surface area contributed by atoms with E-state index >= 15 is 0 Å². The Bertz CT molecular complexity index is 1030. The Morgan fingerprint density at radius 3 is 2.42 bits per heavy atom. The number of nitrogens with zero attached hydrogens (tertiary/aromatic N) is 2. The summed E-state index contributed by atoms with van der Waals surface area (Å²) in [6.07, 6.45) is 1.84. The Hall–Kier alpha value is -2.67. The second-order valence-corrected chi connectivity index (χ2v) is 7.27. The number of Topliss-reactive ketones (excluding diaryl/α,β-unsaturated/α-hetero) is 1. The summed E-state index contributed by atoms with van der Waals surface area (Å²) >= 11 is 0. The molecule has 7 heteroatoms. The van der Waals surface area contributed by atoms with Crippen LogP contribution in [0.3, 0.4) is 0 Å². The molecule has 0 bridgehead atoms. The van der Waals surface area contributed by atoms with Gasteiger partial charge in [-0.2, -0.15) is 0 Å². The Labute approximate surface area is 140 Å². The zero-order valence-corrected chi connectivity index (χ0v) is 14.4. The minimum Gasteiger partial charge on any atom is -0.302 e. The van der Waals surface area contributed by atoms with Crippen molar-refractivity contribution in [3.8, 4) is 0 Å². The molecular formula is C17H17N3O3S. The standard InChI is InChI=1S/C17H17N3O3S/c1-11-12(2)20-10-4-5-16(17(20)18-11)19-24(22,23)15-8-6-14(7-9-15)13(3)21/h4-10,19H,1-3H3. The Balaban J connectivity index is 2.01. The van der Waals surface area contributed by atoms with Gasteiger partial charge in [-0.1, -0.05) is 12.1 Å². The van der Waals surface area contributed by atoms with Crippen molar-refractivity contribution in [3.63, 3.8) is 0 Å². The number of aryl methyl sites for hydroxylation is 2. The van der Waals surface area contributed by atoms with Gasteiger partial charge in [0.15, 0.2) is 11.4 Å². The van der Waals surface area contributed by atoms with Crippen LogP contribution >= 0.6 is 0 Å². The molecule has 0 aliphatic carbocycles. The third kappa shape index (κ3) is 2.78. The van der Waals surface area contributed by atoms with Crippen molar-refractivity contribution in [2.75, 3.05) is 4.72 Å². The van der Waals surface area contributed by atoms with Gasteiger partial charge in [-0.05, 0) is 45.0 Å². The first-order valence-electron chi connectivity index (χ1n) is 7.38. The van der Waals surface area contributed by atoms with Gasteiger partial charge >= 0.3 is 0 Å². The summed E-state index contributed by atoms with van der Waals surface area (Å²) in [6.45, 7) is 5.24. The molecule has 3 aromatic rings. The average molecular weight is 343 g/mol. The number of hydrogen-bond donors (Lipinski definition) is 1. The lowest BCUT2D eigenvalue weighted by Gasteiger charge is -2.09. The van der Waals surface area contributed by atoms with Gasteiger partial charge in [-0.3, -0.25) is 9.52 Å². The molecule has 1 N–H and O–H groups in total. The number of hydrogen-bond acceptors (Lipinski definition) is 4. The molecule has 124 valence electrons. The van der Waals surface area contributed by atoms with Crippen LogP contribution in [-0.2, 0) is 10.0 Å². The molecule has 1 aromatic carbocycles. The molecule has 0 atom stereocenters. The molecule has 0 amide bonds. The number of rotatable bonds is 4. The summed E-state index contributed by atoms with van der Waals surface area (Å²) < 4.78 is 29.6. The van der Waals surface area contributed by atoms with Gasteiger partial charge in [0.1, 0.15) is 0 Å². The number of sulfonamides is 1. The fourth-order valence-electron chi connectivity index (χ4n) is 2.45. The van der Waals surface area contributed by atoms with E-state index < -0.39 is 10.0 Å². The third-order valence-electron chi connectivity index (χ3n) is 3.94. The van der Waals surface area contributed by atoms with Crippen LogP contribution in [-0.4, -0.2) is 23.6 Å². The molecule has 2 aromatic heterocycles. The first-order valence-corrected chi connectivity index (χ1v) is 8.86. The Kier molecular flexibility index (Phi) is 3.88. The van der Waals surface area contributed by atoms with Crippen LogP contribution in [0.15, 0.2) is 47.5 Å². The average Bonchev–Trinajstić information content (AvgIpc) is 2.84. The Morgan fingerprint density at radius 2 is 1.79 bits per heavy atom. The van der Waals surface area contributed by atoms with Gasteiger partial charge in [0.2, 0.25) is 0 Å². The first kappa shape index (κ1) is 16.2. The van der Waals surface area contributed by atoms with Crippen LogP contribution in [0.4, 0.5) is 5.69 Å². The van der Waals surface area contributed by atoms with E-state index in [1.807, 2.05) is 24.4 Å². The van der Waals surface area contributed by atoms with E-state index in [2.05, 4.69) is 9.71 Å². The molecule has 0 saturated carbocycles. The fraction of sp³-hybridized carbons (Fsp3) is 0.176. The number of fused-ring (bicyclic) bond motifs is 1. The van der Waals surface area contributed by atoms with Gasteiger partial charge < -0.3 is 4.40 Å². The lowest BCUT2D eigenvalue weighted by atomic mass is 10.2. The summed E-state index contributed by atoms with van der Waals surface area (Å²) in [5.41, 5.74) is 3.22. The van der Waals surface area contributed by atoms with Crippen molar-refractivity contribution >= 4 is 27.1 Å². The van der Waals surface area contributed by atoms with Crippen molar-refractivity contribution in [2.45, 2.75) is 25.7 Å². The summed E-state index contributed by atoms with van der Waals surface area (Å²) in [4.78, 5) is 15.8. The van der Waals surface area contributed by atoms with E-state index in [0.717, 1.165) is 11.4 Å². The molecule has 0 radical (unpaired) electrons. The van der Waals surface area contributed by atoms with Gasteiger partial charge in [0, 0.05) is 17.5 Å². The van der Waals surface area contributed by atoms with E-state index in [1.54, 1.807) is 12.1 Å². The maximum Gasteiger partial charge on any atom is 0.262 e. The highest BCUT2D eigenvalue weighted by atomic mass is 32.2. The van der Waals surface area contributed by atoms with E-state index in [1.165, 1.54) is 31.2 Å². The number of imidazole rings is 1. The van der Waals surface area contributed by atoms with Gasteiger partial charge in [-0.15, -0.1) is 0 Å². The molecule has 0 fully saturated rings. The minimum absolute atomic E-state index is 0.0921. The first-order chi connectivity index (χ1) is 11.3. The molecule has 6 nitrogen and oxygen atoms in total. The molecule has 0 saturated heterocycles. The predicted octanol–water partition coefficient (Wildman–Crippen LogP) is 2.95. The number of nitrogens with one attached hydrogen (secondary N) is 1. The summed E-state index contributed by atoms with van der Waals surface area (Å²) in [7, 11) is -3.77. The summed E-state index contributed by atoms with van der Waals surface area (Å²) in [6, 6.07) is 9.27. The quantitative estimate of drug-likeness (QED) is 0.739. The maximum atomic E-state index is 12.6. The van der Waals surface area contributed by atoms with Crippen molar-refractivity contribution < 1.29 is 13.2 Å². The molecule has 0 aliphatic heterocycles. The van der Waals surface area contributed by atoms with Crippen molar-refractivity contribution in [3.05, 3.63) is 59.5 Å².